The van der Waals surface area contributed by atoms with Gasteiger partial charge in [0.2, 0.25) is 0 Å². The number of nitrogen functional groups attached to an aromatic ring is 1. The van der Waals surface area contributed by atoms with Crippen molar-refractivity contribution in [1.29, 1.82) is 0 Å². The van der Waals surface area contributed by atoms with E-state index in [0.29, 0.717) is 22.2 Å². The van der Waals surface area contributed by atoms with Crippen LogP contribution in [0.2, 0.25) is 5.02 Å². The maximum absolute atomic E-state index is 12.5. The van der Waals surface area contributed by atoms with Gasteiger partial charge < -0.3 is 21.1 Å². The lowest BCUT2D eigenvalue weighted by Gasteiger charge is -2.26. The summed E-state index contributed by atoms with van der Waals surface area (Å²) in [6, 6.07) is 14.6. The highest BCUT2D eigenvalue weighted by Crippen LogP contribution is 2.33. The number of urea groups is 1. The summed E-state index contributed by atoms with van der Waals surface area (Å²) in [7, 11) is 0. The number of nitrogens with two attached hydrogens (primary N) is 1. The number of anilines is 3. The van der Waals surface area contributed by atoms with E-state index in [1.807, 2.05) is 22.7 Å². The summed E-state index contributed by atoms with van der Waals surface area (Å²) in [6.45, 7) is 3.94. The van der Waals surface area contributed by atoms with Gasteiger partial charge in [-0.15, -0.1) is 0 Å². The third-order valence-corrected chi connectivity index (χ3v) is 6.88. The van der Waals surface area contributed by atoms with Crippen molar-refractivity contribution < 1.29 is 9.53 Å². The van der Waals surface area contributed by atoms with Crippen LogP contribution in [-0.4, -0.2) is 51.8 Å². The van der Waals surface area contributed by atoms with E-state index in [4.69, 9.17) is 22.1 Å². The van der Waals surface area contributed by atoms with Crippen LogP contribution in [0, 0.1) is 3.57 Å². The lowest BCUT2D eigenvalue weighted by Crippen LogP contribution is -2.36. The summed E-state index contributed by atoms with van der Waals surface area (Å²) in [6.07, 6.45) is 1.48. The second kappa shape index (κ2) is 10.4. The number of rotatable bonds is 5. The molecular formula is C24H23ClIN7O2. The third-order valence-electron chi connectivity index (χ3n) is 5.76. The first kappa shape index (κ1) is 23.8. The molecule has 35 heavy (non-hydrogen) atoms. The van der Waals surface area contributed by atoms with Crippen LogP contribution in [-0.2, 0) is 11.3 Å². The monoisotopic (exact) mass is 603 g/mol. The summed E-state index contributed by atoms with van der Waals surface area (Å²) >= 11 is 8.21. The molecule has 4 aromatic rings. The summed E-state index contributed by atoms with van der Waals surface area (Å²) in [5.41, 5.74) is 11.3. The molecule has 0 bridgehead atoms. The van der Waals surface area contributed by atoms with E-state index in [9.17, 15) is 4.79 Å². The van der Waals surface area contributed by atoms with Gasteiger partial charge in [-0.2, -0.15) is 5.10 Å². The Morgan fingerprint density at radius 1 is 1.14 bits per heavy atom. The largest absolute Gasteiger partial charge is 0.382 e. The Balaban J connectivity index is 1.41. The molecule has 2 aromatic heterocycles. The molecule has 0 radical (unpaired) electrons. The number of benzene rings is 2. The Bertz CT molecular complexity index is 1390. The highest BCUT2D eigenvalue weighted by atomic mass is 127. The normalized spacial score (nSPS) is 14.2. The van der Waals surface area contributed by atoms with Gasteiger partial charge in [0.25, 0.3) is 0 Å². The number of fused-ring (bicyclic) bond motifs is 1. The first-order valence-electron chi connectivity index (χ1n) is 11.0. The second-order valence-electron chi connectivity index (χ2n) is 8.13. The highest BCUT2D eigenvalue weighted by Gasteiger charge is 2.19. The summed E-state index contributed by atoms with van der Waals surface area (Å²) < 4.78 is 8.22. The first-order valence-corrected chi connectivity index (χ1v) is 12.5. The van der Waals surface area contributed by atoms with Crippen molar-refractivity contribution >= 4 is 62.9 Å². The van der Waals surface area contributed by atoms with Gasteiger partial charge >= 0.3 is 6.03 Å². The second-order valence-corrected chi connectivity index (χ2v) is 9.73. The fourth-order valence-corrected chi connectivity index (χ4v) is 4.93. The molecule has 1 saturated heterocycles. The molecule has 9 nitrogen and oxygen atoms in total. The number of halogens is 2. The van der Waals surface area contributed by atoms with Gasteiger partial charge in [0, 0.05) is 39.5 Å². The Hall–Kier alpha value is -2.93. The summed E-state index contributed by atoms with van der Waals surface area (Å²) in [4.78, 5) is 19.0. The number of ether oxygens (including phenoxy) is 1. The molecule has 3 heterocycles. The van der Waals surface area contributed by atoms with Crippen molar-refractivity contribution in [3.8, 4) is 11.1 Å². The van der Waals surface area contributed by atoms with Gasteiger partial charge in [-0.3, -0.25) is 4.90 Å². The quantitative estimate of drug-likeness (QED) is 0.285. The molecular weight excluding hydrogens is 581 g/mol. The molecule has 1 aliphatic rings. The number of amides is 2. The molecule has 0 atom stereocenters. The molecule has 0 spiro atoms. The van der Waals surface area contributed by atoms with E-state index in [1.165, 1.54) is 6.33 Å². The van der Waals surface area contributed by atoms with Crippen LogP contribution in [0.5, 0.6) is 0 Å². The van der Waals surface area contributed by atoms with Crippen LogP contribution < -0.4 is 16.4 Å². The Kier molecular flexibility index (Phi) is 7.04. The number of hydrogen-bond donors (Lipinski definition) is 3. The van der Waals surface area contributed by atoms with Gasteiger partial charge in [0.05, 0.1) is 24.6 Å². The molecule has 2 amide bonds. The van der Waals surface area contributed by atoms with E-state index in [1.54, 1.807) is 24.3 Å². The zero-order valence-corrected chi connectivity index (χ0v) is 21.6. The van der Waals surface area contributed by atoms with Crippen molar-refractivity contribution in [1.82, 2.24) is 19.5 Å². The van der Waals surface area contributed by atoms with Crippen LogP contribution in [0.1, 0.15) is 5.69 Å². The lowest BCUT2D eigenvalue weighted by atomic mass is 10.1. The van der Waals surface area contributed by atoms with Crippen molar-refractivity contribution in [3.63, 3.8) is 0 Å². The number of nitrogens with zero attached hydrogens (tertiary/aromatic N) is 4. The van der Waals surface area contributed by atoms with Crippen molar-refractivity contribution in [2.45, 2.75) is 6.54 Å². The zero-order chi connectivity index (χ0) is 24.4. The smallest absolute Gasteiger partial charge is 0.323 e. The lowest BCUT2D eigenvalue weighted by molar-refractivity contribution is 0.0334. The van der Waals surface area contributed by atoms with E-state index >= 15 is 0 Å². The van der Waals surface area contributed by atoms with E-state index in [-0.39, 0.29) is 6.03 Å². The van der Waals surface area contributed by atoms with Crippen molar-refractivity contribution in [2.24, 2.45) is 0 Å². The van der Waals surface area contributed by atoms with E-state index in [0.717, 1.165) is 58.8 Å². The predicted molar refractivity (Wildman–Crippen MR) is 146 cm³/mol. The number of morpholine rings is 1. The maximum Gasteiger partial charge on any atom is 0.323 e. The molecule has 1 aliphatic heterocycles. The predicted octanol–water partition coefficient (Wildman–Crippen LogP) is 4.71. The number of hydrogen-bond acceptors (Lipinski definition) is 6. The minimum absolute atomic E-state index is 0.349. The molecule has 5 rings (SSSR count). The number of carbonyl (C=O) groups excluding carboxylic acids is 1. The minimum atomic E-state index is -0.349. The Labute approximate surface area is 220 Å². The first-order chi connectivity index (χ1) is 17.0. The molecule has 0 unspecified atom stereocenters. The minimum Gasteiger partial charge on any atom is -0.382 e. The molecule has 11 heteroatoms. The van der Waals surface area contributed by atoms with Crippen LogP contribution >= 0.6 is 34.2 Å². The molecule has 180 valence electrons. The summed E-state index contributed by atoms with van der Waals surface area (Å²) in [5.74, 6) is 0.418. The highest BCUT2D eigenvalue weighted by molar-refractivity contribution is 14.1. The van der Waals surface area contributed by atoms with Crippen LogP contribution in [0.3, 0.4) is 0 Å². The van der Waals surface area contributed by atoms with Crippen LogP contribution in [0.4, 0.5) is 22.0 Å². The zero-order valence-electron chi connectivity index (χ0n) is 18.7. The van der Waals surface area contributed by atoms with Crippen molar-refractivity contribution in [3.05, 3.63) is 69.1 Å². The average molecular weight is 604 g/mol. The summed E-state index contributed by atoms with van der Waals surface area (Å²) in [5, 5.41) is 10.7. The van der Waals surface area contributed by atoms with Gasteiger partial charge in [-0.05, 0) is 64.6 Å². The Morgan fingerprint density at radius 3 is 2.74 bits per heavy atom. The fraction of sp³-hybridized carbons (Fsp3) is 0.208. The average Bonchev–Trinajstić information content (AvgIpc) is 3.20. The molecule has 4 N–H and O–H groups in total. The van der Waals surface area contributed by atoms with Gasteiger partial charge in [0.1, 0.15) is 11.8 Å². The van der Waals surface area contributed by atoms with E-state index < -0.39 is 0 Å². The molecule has 1 fully saturated rings. The third kappa shape index (κ3) is 5.35. The Morgan fingerprint density at radius 2 is 1.97 bits per heavy atom. The van der Waals surface area contributed by atoms with Gasteiger partial charge in [0.15, 0.2) is 5.82 Å². The van der Waals surface area contributed by atoms with E-state index in [2.05, 4.69) is 54.3 Å². The van der Waals surface area contributed by atoms with Crippen molar-refractivity contribution in [2.75, 3.05) is 42.7 Å². The topological polar surface area (TPSA) is 110 Å². The maximum atomic E-state index is 12.5. The molecule has 2 aromatic carbocycles. The van der Waals surface area contributed by atoms with Crippen LogP contribution in [0.15, 0.2) is 54.9 Å². The number of aromatic nitrogens is 3. The fourth-order valence-electron chi connectivity index (χ4n) is 4.09. The molecule has 0 saturated carbocycles. The standard InChI is InChI=1S/C24H23ClIN7O2/c25-16-2-1-3-17(11-16)30-24(34)31-21-5-4-15(10-20(21)26)19-12-18(13-32-6-8-35-9-7-32)33-22(19)23(27)28-14-29-33/h1-5,10-12,14H,6-9,13H2,(H2,27,28,29)(H2,30,31,34). The SMILES string of the molecule is Nc1ncnn2c(CN3CCOCC3)cc(-c3ccc(NC(=O)Nc4cccc(Cl)c4)c(I)c3)c12. The van der Waals surface area contributed by atoms with Crippen LogP contribution in [0.25, 0.3) is 16.6 Å². The molecule has 0 aliphatic carbocycles. The van der Waals surface area contributed by atoms with Gasteiger partial charge in [-0.1, -0.05) is 23.7 Å². The van der Waals surface area contributed by atoms with Gasteiger partial charge in [-0.25, -0.2) is 14.3 Å². The number of nitrogens with one attached hydrogen (secondary N) is 2. The number of carbonyl (C=O) groups is 1.